The van der Waals surface area contributed by atoms with Crippen molar-refractivity contribution in [1.29, 1.82) is 0 Å². The SMILES string of the molecule is COc1ccc([C]2=C3CCCCC3=[C](c3ccc(OC)s3)[Sn]2([c]2c(F)c(F)c(F)c(F)c2F)[c]2c(F)c(F)c(F)c(F)c2F)s1. The molecule has 2 aromatic carbocycles. The average molecular weight is 783 g/mol. The summed E-state index contributed by atoms with van der Waals surface area (Å²) in [7, 11) is 2.58. The van der Waals surface area contributed by atoms with Gasteiger partial charge in [0, 0.05) is 0 Å². The predicted molar refractivity (Wildman–Crippen MR) is 152 cm³/mol. The number of fused-ring (bicyclic) bond motifs is 1. The number of hydrogen-bond acceptors (Lipinski definition) is 4. The van der Waals surface area contributed by atoms with E-state index in [2.05, 4.69) is 0 Å². The molecule has 0 bridgehead atoms. The van der Waals surface area contributed by atoms with Crippen molar-refractivity contribution in [3.8, 4) is 10.1 Å². The molecule has 0 amide bonds. The quantitative estimate of drug-likeness (QED) is 0.0848. The Bertz CT molecular complexity index is 1760. The molecule has 6 rings (SSSR count). The normalized spacial score (nSPS) is 16.1. The number of benzene rings is 2. The summed E-state index contributed by atoms with van der Waals surface area (Å²) in [4.78, 5) is 0.145. The van der Waals surface area contributed by atoms with Gasteiger partial charge >= 0.3 is 262 Å². The molecule has 2 nitrogen and oxygen atoms in total. The third-order valence-electron chi connectivity index (χ3n) is 8.05. The first-order chi connectivity index (χ1) is 21.4. The van der Waals surface area contributed by atoms with Crippen molar-refractivity contribution in [2.45, 2.75) is 25.7 Å². The van der Waals surface area contributed by atoms with Gasteiger partial charge in [0.15, 0.2) is 0 Å². The van der Waals surface area contributed by atoms with Gasteiger partial charge in [-0.05, 0) is 0 Å². The summed E-state index contributed by atoms with van der Waals surface area (Å²) >= 11 is -5.29. The Morgan fingerprint density at radius 2 is 0.800 bits per heavy atom. The maximum absolute atomic E-state index is 16.3. The molecule has 0 unspecified atom stereocenters. The van der Waals surface area contributed by atoms with Gasteiger partial charge in [0.2, 0.25) is 0 Å². The number of allylic oxidation sites excluding steroid dienone is 2. The second-order valence-electron chi connectivity index (χ2n) is 10.2. The molecule has 0 radical (unpaired) electrons. The van der Waals surface area contributed by atoms with Crippen LogP contribution in [0.15, 0.2) is 35.4 Å². The van der Waals surface area contributed by atoms with E-state index in [0.29, 0.717) is 24.0 Å². The van der Waals surface area contributed by atoms with Crippen LogP contribution >= 0.6 is 22.7 Å². The summed E-state index contributed by atoms with van der Waals surface area (Å²) in [6, 6.07) is 5.57. The Kier molecular flexibility index (Phi) is 8.30. The van der Waals surface area contributed by atoms with Gasteiger partial charge in [0.05, 0.1) is 0 Å². The molecule has 0 spiro atoms. The van der Waals surface area contributed by atoms with Gasteiger partial charge in [-0.15, -0.1) is 0 Å². The van der Waals surface area contributed by atoms with Crippen LogP contribution in [0.2, 0.25) is 0 Å². The zero-order valence-electron chi connectivity index (χ0n) is 23.1. The van der Waals surface area contributed by atoms with Crippen molar-refractivity contribution in [1.82, 2.24) is 0 Å². The van der Waals surface area contributed by atoms with Crippen molar-refractivity contribution >= 4 is 55.4 Å². The first kappa shape index (κ1) is 32.0. The number of hydrogen-bond donors (Lipinski definition) is 0. The summed E-state index contributed by atoms with van der Waals surface area (Å²) in [5.74, 6) is -24.4. The van der Waals surface area contributed by atoms with Crippen LogP contribution in [0.5, 0.6) is 10.1 Å². The van der Waals surface area contributed by atoms with Gasteiger partial charge in [0.1, 0.15) is 0 Å². The topological polar surface area (TPSA) is 18.5 Å². The summed E-state index contributed by atoms with van der Waals surface area (Å²) in [5, 5.41) is 0.411. The predicted octanol–water partition coefficient (Wildman–Crippen LogP) is 8.35. The van der Waals surface area contributed by atoms with Crippen molar-refractivity contribution in [3.05, 3.63) is 103 Å². The zero-order valence-corrected chi connectivity index (χ0v) is 27.5. The van der Waals surface area contributed by atoms with E-state index in [4.69, 9.17) is 9.47 Å². The Morgan fingerprint density at radius 1 is 0.489 bits per heavy atom. The molecular weight excluding hydrogens is 765 g/mol. The van der Waals surface area contributed by atoms with Crippen LogP contribution < -0.4 is 16.6 Å². The van der Waals surface area contributed by atoms with Crippen LogP contribution in [0.4, 0.5) is 43.9 Å². The number of thiophene rings is 2. The van der Waals surface area contributed by atoms with Crippen LogP contribution in [-0.2, 0) is 0 Å². The molecule has 1 aliphatic heterocycles. The number of methoxy groups -OCH3 is 2. The van der Waals surface area contributed by atoms with Crippen molar-refractivity contribution < 1.29 is 53.4 Å². The van der Waals surface area contributed by atoms with Crippen LogP contribution in [0, 0.1) is 58.2 Å². The Hall–Kier alpha value is -2.98. The standard InChI is InChI=1S/C18H18O2S2.2C6F5.Sn/c1-19-17-9-7-15(21-17)11-13-5-3-4-6-14(13)12-16-8-10-18(20-2)22-16;2*7-2-1-3(8)5(10)6(11)4(2)9;/h7-10H,3-6H2,1-2H3;;;. The van der Waals surface area contributed by atoms with Crippen LogP contribution in [0.25, 0.3) is 7.18 Å². The second kappa shape index (κ2) is 11.7. The fourth-order valence-corrected chi connectivity index (χ4v) is 26.9. The van der Waals surface area contributed by atoms with Crippen molar-refractivity contribution in [2.24, 2.45) is 0 Å². The molecule has 2 aromatic heterocycles. The fourth-order valence-electron chi connectivity index (χ4n) is 6.32. The van der Waals surface area contributed by atoms with Gasteiger partial charge < -0.3 is 0 Å². The molecule has 4 aromatic rings. The molecule has 0 saturated heterocycles. The molecule has 0 N–H and O–H groups in total. The third kappa shape index (κ3) is 4.48. The molecule has 15 heteroatoms. The fraction of sp³-hybridized carbons (Fsp3) is 0.200. The van der Waals surface area contributed by atoms with Crippen LogP contribution in [-0.4, -0.2) is 32.6 Å². The molecule has 1 aliphatic carbocycles. The molecular formula is C30H18F10O2S2Sn. The van der Waals surface area contributed by atoms with E-state index in [9.17, 15) is 8.78 Å². The van der Waals surface area contributed by atoms with E-state index in [-0.39, 0.29) is 39.9 Å². The summed E-state index contributed by atoms with van der Waals surface area (Å²) in [5.41, 5.74) is 0.605. The average Bonchev–Trinajstić information content (AvgIpc) is 3.77. The molecule has 1 saturated carbocycles. The second-order valence-corrected chi connectivity index (χ2v) is 22.3. The number of ether oxygens (including phenoxy) is 2. The summed E-state index contributed by atoms with van der Waals surface area (Å²) in [6.45, 7) is 0. The summed E-state index contributed by atoms with van der Waals surface area (Å²) in [6.07, 6.45) is 1.20. The maximum atomic E-state index is 16.3. The van der Waals surface area contributed by atoms with Crippen molar-refractivity contribution in [2.75, 3.05) is 14.2 Å². The monoisotopic (exact) mass is 784 g/mol. The Labute approximate surface area is 261 Å². The van der Waals surface area contributed by atoms with Crippen LogP contribution in [0.3, 0.4) is 0 Å². The molecule has 236 valence electrons. The van der Waals surface area contributed by atoms with Crippen molar-refractivity contribution in [3.63, 3.8) is 0 Å². The van der Waals surface area contributed by atoms with E-state index >= 15 is 35.1 Å². The van der Waals surface area contributed by atoms with E-state index in [1.54, 1.807) is 0 Å². The number of halogens is 10. The van der Waals surface area contributed by atoms with E-state index < -0.39 is 83.7 Å². The van der Waals surface area contributed by atoms with Gasteiger partial charge in [-0.1, -0.05) is 0 Å². The van der Waals surface area contributed by atoms with E-state index in [0.717, 1.165) is 22.7 Å². The molecule has 1 fully saturated rings. The molecule has 45 heavy (non-hydrogen) atoms. The third-order valence-corrected chi connectivity index (χ3v) is 25.5. The minimum absolute atomic E-state index is 0.0726. The van der Waals surface area contributed by atoms with E-state index in [1.807, 2.05) is 0 Å². The molecule has 3 heterocycles. The van der Waals surface area contributed by atoms with Crippen LogP contribution in [0.1, 0.15) is 35.4 Å². The van der Waals surface area contributed by atoms with Gasteiger partial charge in [-0.2, -0.15) is 0 Å². The Morgan fingerprint density at radius 3 is 1.09 bits per heavy atom. The van der Waals surface area contributed by atoms with Gasteiger partial charge in [0.25, 0.3) is 0 Å². The zero-order chi connectivity index (χ0) is 32.5. The number of rotatable bonds is 6. The first-order valence-electron chi connectivity index (χ1n) is 13.2. The first-order valence-corrected chi connectivity index (χ1v) is 20.6. The summed E-state index contributed by atoms with van der Waals surface area (Å²) < 4.78 is 162. The minimum atomic E-state index is -6.98. The van der Waals surface area contributed by atoms with Gasteiger partial charge in [-0.25, -0.2) is 0 Å². The van der Waals surface area contributed by atoms with Gasteiger partial charge in [-0.3, -0.25) is 0 Å². The molecule has 2 aliphatic rings. The van der Waals surface area contributed by atoms with E-state index in [1.165, 1.54) is 38.5 Å². The molecule has 0 atom stereocenters. The Balaban J connectivity index is 1.96.